The zero-order valence-electron chi connectivity index (χ0n) is 11.2. The first-order valence-electron chi connectivity index (χ1n) is 6.43. The molecule has 1 aliphatic heterocycles. The van der Waals surface area contributed by atoms with Crippen molar-refractivity contribution in [3.05, 3.63) is 35.1 Å². The summed E-state index contributed by atoms with van der Waals surface area (Å²) < 4.78 is 13.3. The highest BCUT2D eigenvalue weighted by molar-refractivity contribution is 5.28. The van der Waals surface area contributed by atoms with Crippen molar-refractivity contribution in [3.8, 4) is 0 Å². The van der Waals surface area contributed by atoms with E-state index in [9.17, 15) is 4.39 Å². The minimum Gasteiger partial charge on any atom is -0.305 e. The minimum absolute atomic E-state index is 0.0961. The highest BCUT2D eigenvalue weighted by Crippen LogP contribution is 2.36. The lowest BCUT2D eigenvalue weighted by Crippen LogP contribution is -2.17. The smallest absolute Gasteiger partial charge is 0.126 e. The van der Waals surface area contributed by atoms with Crippen LogP contribution in [0.5, 0.6) is 0 Å². The molecule has 2 rings (SSSR count). The molecule has 2 heteroatoms. The van der Waals surface area contributed by atoms with Gasteiger partial charge in [-0.15, -0.1) is 0 Å². The highest BCUT2D eigenvalue weighted by atomic mass is 19.1. The van der Waals surface area contributed by atoms with E-state index in [1.54, 1.807) is 6.07 Å². The summed E-state index contributed by atoms with van der Waals surface area (Å²) in [6.07, 6.45) is 0. The van der Waals surface area contributed by atoms with Crippen LogP contribution in [0.25, 0.3) is 0 Å². The van der Waals surface area contributed by atoms with Crippen molar-refractivity contribution in [1.29, 1.82) is 0 Å². The largest absolute Gasteiger partial charge is 0.305 e. The molecule has 0 N–H and O–H groups in total. The lowest BCUT2D eigenvalue weighted by molar-refractivity contribution is 0.344. The highest BCUT2D eigenvalue weighted by Gasteiger charge is 2.33. The molecule has 1 aromatic rings. The summed E-state index contributed by atoms with van der Waals surface area (Å²) in [5.74, 6) is 1.82. The zero-order valence-corrected chi connectivity index (χ0v) is 11.2. The van der Waals surface area contributed by atoms with Gasteiger partial charge in [-0.25, -0.2) is 4.39 Å². The van der Waals surface area contributed by atoms with Crippen LogP contribution >= 0.6 is 0 Å². The number of hydrogen-bond acceptors (Lipinski definition) is 1. The Hall–Kier alpha value is -0.890. The molecule has 0 radical (unpaired) electrons. The van der Waals surface area contributed by atoms with Crippen LogP contribution in [0.15, 0.2) is 18.2 Å². The molecule has 1 aromatic carbocycles. The predicted octanol–water partition coefficient (Wildman–Crippen LogP) is 3.44. The Morgan fingerprint density at radius 3 is 2.59 bits per heavy atom. The van der Waals surface area contributed by atoms with Crippen molar-refractivity contribution >= 4 is 0 Å². The molecule has 0 spiro atoms. The molecule has 0 saturated carbocycles. The fourth-order valence-electron chi connectivity index (χ4n) is 2.96. The maximum atomic E-state index is 13.3. The Kier molecular flexibility index (Phi) is 3.53. The number of nitrogens with zero attached hydrogens (tertiary/aromatic N) is 1. The Morgan fingerprint density at radius 1 is 1.29 bits per heavy atom. The SMILES string of the molecule is Cc1cc(C2CN(C)CC2C(C)C)ccc1F. The molecule has 1 nitrogen and oxygen atoms in total. The Morgan fingerprint density at radius 2 is 2.00 bits per heavy atom. The monoisotopic (exact) mass is 235 g/mol. The molecule has 0 aliphatic carbocycles. The number of likely N-dealkylation sites (N-methyl/N-ethyl adjacent to an activating group) is 1. The number of rotatable bonds is 2. The Labute approximate surface area is 104 Å². The normalized spacial score (nSPS) is 25.8. The van der Waals surface area contributed by atoms with Gasteiger partial charge in [0.2, 0.25) is 0 Å². The third-order valence-electron chi connectivity index (χ3n) is 4.01. The van der Waals surface area contributed by atoms with Crippen molar-refractivity contribution in [2.45, 2.75) is 26.7 Å². The van der Waals surface area contributed by atoms with Crippen molar-refractivity contribution < 1.29 is 4.39 Å². The molecule has 1 aliphatic rings. The molecule has 17 heavy (non-hydrogen) atoms. The second kappa shape index (κ2) is 4.77. The van der Waals surface area contributed by atoms with Crippen molar-refractivity contribution in [3.63, 3.8) is 0 Å². The summed E-state index contributed by atoms with van der Waals surface area (Å²) in [4.78, 5) is 2.38. The summed E-state index contributed by atoms with van der Waals surface area (Å²) >= 11 is 0. The van der Waals surface area contributed by atoms with Crippen LogP contribution in [-0.4, -0.2) is 25.0 Å². The zero-order chi connectivity index (χ0) is 12.6. The van der Waals surface area contributed by atoms with E-state index in [4.69, 9.17) is 0 Å². The molecule has 1 saturated heterocycles. The topological polar surface area (TPSA) is 3.24 Å². The van der Waals surface area contributed by atoms with Gasteiger partial charge in [-0.1, -0.05) is 26.0 Å². The Bertz CT molecular complexity index is 400. The van der Waals surface area contributed by atoms with Gasteiger partial charge in [-0.2, -0.15) is 0 Å². The maximum absolute atomic E-state index is 13.3. The molecule has 1 heterocycles. The van der Waals surface area contributed by atoms with Crippen molar-refractivity contribution in [2.75, 3.05) is 20.1 Å². The molecule has 0 bridgehead atoms. The van der Waals surface area contributed by atoms with Crippen LogP contribution in [0.4, 0.5) is 4.39 Å². The van der Waals surface area contributed by atoms with Crippen LogP contribution in [0.1, 0.15) is 30.9 Å². The minimum atomic E-state index is -0.0961. The van der Waals surface area contributed by atoms with Crippen LogP contribution in [0.2, 0.25) is 0 Å². The molecule has 2 unspecified atom stereocenters. The number of likely N-dealkylation sites (tertiary alicyclic amines) is 1. The van der Waals surface area contributed by atoms with E-state index < -0.39 is 0 Å². The quantitative estimate of drug-likeness (QED) is 0.759. The summed E-state index contributed by atoms with van der Waals surface area (Å²) in [5.41, 5.74) is 2.06. The Balaban J connectivity index is 2.28. The van der Waals surface area contributed by atoms with Gasteiger partial charge in [0.15, 0.2) is 0 Å². The van der Waals surface area contributed by atoms with Gasteiger partial charge >= 0.3 is 0 Å². The van der Waals surface area contributed by atoms with Crippen molar-refractivity contribution in [2.24, 2.45) is 11.8 Å². The van der Waals surface area contributed by atoms with E-state index in [0.717, 1.165) is 18.7 Å². The number of aryl methyl sites for hydroxylation is 1. The maximum Gasteiger partial charge on any atom is 0.126 e. The third kappa shape index (κ3) is 2.52. The first kappa shape index (κ1) is 12.6. The summed E-state index contributed by atoms with van der Waals surface area (Å²) in [5, 5.41) is 0. The van der Waals surface area contributed by atoms with Gasteiger partial charge in [-0.3, -0.25) is 0 Å². The van der Waals surface area contributed by atoms with Crippen LogP contribution in [0, 0.1) is 24.6 Å². The van der Waals surface area contributed by atoms with E-state index in [0.29, 0.717) is 17.8 Å². The molecule has 1 fully saturated rings. The lowest BCUT2D eigenvalue weighted by atomic mass is 9.81. The average molecular weight is 235 g/mol. The van der Waals surface area contributed by atoms with Gasteiger partial charge in [-0.05, 0) is 43.0 Å². The number of halogens is 1. The van der Waals surface area contributed by atoms with Crippen LogP contribution < -0.4 is 0 Å². The van der Waals surface area contributed by atoms with Crippen LogP contribution in [0.3, 0.4) is 0 Å². The molecular weight excluding hydrogens is 213 g/mol. The molecular formula is C15H22FN. The van der Waals surface area contributed by atoms with E-state index >= 15 is 0 Å². The lowest BCUT2D eigenvalue weighted by Gasteiger charge is -2.22. The standard InChI is InChI=1S/C15H22FN/c1-10(2)13-8-17(4)9-14(13)12-5-6-15(16)11(3)7-12/h5-7,10,13-14H,8-9H2,1-4H3. The summed E-state index contributed by atoms with van der Waals surface area (Å²) in [6.45, 7) is 8.66. The van der Waals surface area contributed by atoms with Crippen molar-refractivity contribution in [1.82, 2.24) is 4.90 Å². The van der Waals surface area contributed by atoms with Gasteiger partial charge in [0.25, 0.3) is 0 Å². The number of hydrogen-bond donors (Lipinski definition) is 0. The second-order valence-electron chi connectivity index (χ2n) is 5.74. The van der Waals surface area contributed by atoms with E-state index in [2.05, 4.69) is 25.8 Å². The summed E-state index contributed by atoms with van der Waals surface area (Å²) in [7, 11) is 2.17. The van der Waals surface area contributed by atoms with Gasteiger partial charge in [0.1, 0.15) is 5.82 Å². The first-order chi connectivity index (χ1) is 7.99. The molecule has 2 atom stereocenters. The molecule has 0 aromatic heterocycles. The first-order valence-corrected chi connectivity index (χ1v) is 6.43. The van der Waals surface area contributed by atoms with Crippen LogP contribution in [-0.2, 0) is 0 Å². The average Bonchev–Trinajstić information content (AvgIpc) is 2.64. The fourth-order valence-corrected chi connectivity index (χ4v) is 2.96. The molecule has 0 amide bonds. The van der Waals surface area contributed by atoms with E-state index in [1.807, 2.05) is 19.1 Å². The summed E-state index contributed by atoms with van der Waals surface area (Å²) in [6, 6.07) is 5.59. The predicted molar refractivity (Wildman–Crippen MR) is 69.7 cm³/mol. The van der Waals surface area contributed by atoms with Gasteiger partial charge in [0.05, 0.1) is 0 Å². The van der Waals surface area contributed by atoms with Gasteiger partial charge in [0, 0.05) is 19.0 Å². The molecule has 94 valence electrons. The third-order valence-corrected chi connectivity index (χ3v) is 4.01. The second-order valence-corrected chi connectivity index (χ2v) is 5.74. The van der Waals surface area contributed by atoms with E-state index in [1.165, 1.54) is 5.56 Å². The van der Waals surface area contributed by atoms with E-state index in [-0.39, 0.29) is 5.82 Å². The number of benzene rings is 1. The van der Waals surface area contributed by atoms with Gasteiger partial charge < -0.3 is 4.90 Å². The fraction of sp³-hybridized carbons (Fsp3) is 0.600.